The predicted octanol–water partition coefficient (Wildman–Crippen LogP) is 7.18. The van der Waals surface area contributed by atoms with Gasteiger partial charge in [-0.1, -0.05) is 55.8 Å². The van der Waals surface area contributed by atoms with Crippen molar-refractivity contribution < 1.29 is 0 Å². The third-order valence-corrected chi connectivity index (χ3v) is 7.94. The molecule has 0 aliphatic carbocycles. The first kappa shape index (κ1) is 21.8. The van der Waals surface area contributed by atoms with Gasteiger partial charge in [0.1, 0.15) is 0 Å². The Morgan fingerprint density at radius 3 is 1.16 bits per heavy atom. The van der Waals surface area contributed by atoms with E-state index in [0.717, 1.165) is 0 Å². The van der Waals surface area contributed by atoms with Crippen molar-refractivity contribution in [1.82, 2.24) is 0 Å². The van der Waals surface area contributed by atoms with E-state index in [1.54, 1.807) is 0 Å². The SMILES string of the molecule is CC(C)N1B(Br)N(c2ccc(N3B(Br)N(C(C)C)c4ccccc43)cc2)c2ccccc21. The van der Waals surface area contributed by atoms with E-state index in [4.69, 9.17) is 0 Å². The number of halogens is 2. The number of nitrogens with zero attached hydrogens (tertiary/aromatic N) is 4. The minimum atomic E-state index is 0.0821. The lowest BCUT2D eigenvalue weighted by molar-refractivity contribution is 0.827. The van der Waals surface area contributed by atoms with Crippen LogP contribution in [-0.2, 0) is 0 Å². The predicted molar refractivity (Wildman–Crippen MR) is 148 cm³/mol. The Morgan fingerprint density at radius 1 is 0.531 bits per heavy atom. The summed E-state index contributed by atoms with van der Waals surface area (Å²) in [5.74, 6) is 0.164. The van der Waals surface area contributed by atoms with Crippen LogP contribution in [0.1, 0.15) is 27.7 Å². The van der Waals surface area contributed by atoms with Gasteiger partial charge in [-0.3, -0.25) is 0 Å². The molecule has 0 aromatic heterocycles. The van der Waals surface area contributed by atoms with Crippen LogP contribution < -0.4 is 19.2 Å². The topological polar surface area (TPSA) is 13.0 Å². The van der Waals surface area contributed by atoms with E-state index in [2.05, 4.69) is 151 Å². The van der Waals surface area contributed by atoms with Crippen molar-refractivity contribution in [2.24, 2.45) is 0 Å². The lowest BCUT2D eigenvalue weighted by atomic mass is 10.0. The fraction of sp³-hybridized carbons (Fsp3) is 0.250. The molecule has 2 heterocycles. The molecule has 2 aliphatic rings. The zero-order chi connectivity index (χ0) is 22.6. The average Bonchev–Trinajstić information content (AvgIpc) is 3.24. The second-order valence-corrected chi connectivity index (χ2v) is 10.5. The highest BCUT2D eigenvalue weighted by molar-refractivity contribution is 9.25. The summed E-state index contributed by atoms with van der Waals surface area (Å²) in [7, 11) is 0. The third kappa shape index (κ3) is 3.34. The molecule has 4 nitrogen and oxygen atoms in total. The van der Waals surface area contributed by atoms with Crippen LogP contribution in [0.4, 0.5) is 34.1 Å². The van der Waals surface area contributed by atoms with Crippen LogP contribution in [0.5, 0.6) is 0 Å². The van der Waals surface area contributed by atoms with Crippen LogP contribution in [0, 0.1) is 0 Å². The summed E-state index contributed by atoms with van der Waals surface area (Å²) in [6.07, 6.45) is 0. The smallest absolute Gasteiger partial charge is 0.382 e. The molecule has 0 radical (unpaired) electrons. The number of para-hydroxylation sites is 4. The second kappa shape index (κ2) is 8.38. The molecule has 0 saturated carbocycles. The van der Waals surface area contributed by atoms with Crippen LogP contribution in [0.15, 0.2) is 72.8 Å². The van der Waals surface area contributed by atoms with Gasteiger partial charge in [0.25, 0.3) is 0 Å². The van der Waals surface area contributed by atoms with Crippen LogP contribution in [-0.4, -0.2) is 23.7 Å². The summed E-state index contributed by atoms with van der Waals surface area (Å²) < 4.78 is 0. The zero-order valence-electron chi connectivity index (χ0n) is 18.8. The summed E-state index contributed by atoms with van der Waals surface area (Å²) >= 11 is 7.91. The second-order valence-electron chi connectivity index (χ2n) is 8.86. The molecule has 2 aliphatic heterocycles. The standard InChI is InChI=1S/C24H26B2Br2N4/c1-17(2)29-21-9-5-7-11-23(21)31(25(29)27)19-13-15-20(16-14-19)32-24-12-8-6-10-22(24)30(18(3)4)26(32)28/h5-18H,1-4H3. The minimum absolute atomic E-state index is 0.0821. The highest BCUT2D eigenvalue weighted by Gasteiger charge is 2.42. The Morgan fingerprint density at radius 2 is 0.844 bits per heavy atom. The van der Waals surface area contributed by atoms with Gasteiger partial charge in [0.05, 0.1) is 11.4 Å². The first-order chi connectivity index (χ1) is 15.4. The number of benzene rings is 3. The molecule has 0 saturated heterocycles. The van der Waals surface area contributed by atoms with Gasteiger partial charge in [-0.2, -0.15) is 0 Å². The fourth-order valence-electron chi connectivity index (χ4n) is 4.83. The number of anilines is 6. The number of hydrogen-bond acceptors (Lipinski definition) is 4. The van der Waals surface area contributed by atoms with Gasteiger partial charge in [-0.25, -0.2) is 0 Å². The molecule has 0 fully saturated rings. The highest BCUT2D eigenvalue weighted by Crippen LogP contribution is 2.47. The van der Waals surface area contributed by atoms with Gasteiger partial charge in [0, 0.05) is 34.8 Å². The van der Waals surface area contributed by atoms with Gasteiger partial charge in [0.15, 0.2) is 0 Å². The molecule has 0 unspecified atom stereocenters. The van der Waals surface area contributed by atoms with Gasteiger partial charge in [-0.15, -0.1) is 0 Å². The molecule has 0 N–H and O–H groups in total. The molecule has 5 rings (SSSR count). The van der Waals surface area contributed by atoms with E-state index in [9.17, 15) is 0 Å². The maximum atomic E-state index is 3.96. The first-order valence-corrected chi connectivity index (χ1v) is 12.9. The number of fused-ring (bicyclic) bond motifs is 2. The molecule has 0 bridgehead atoms. The molecule has 0 atom stereocenters. The van der Waals surface area contributed by atoms with E-state index in [1.165, 1.54) is 34.1 Å². The third-order valence-electron chi connectivity index (χ3n) is 6.24. The van der Waals surface area contributed by atoms with E-state index in [-0.39, 0.29) is 11.6 Å². The maximum Gasteiger partial charge on any atom is 0.460 e. The molecular formula is C24H26B2Br2N4. The normalized spacial score (nSPS) is 15.4. The van der Waals surface area contributed by atoms with Crippen molar-refractivity contribution in [1.29, 1.82) is 0 Å². The number of rotatable bonds is 4. The van der Waals surface area contributed by atoms with E-state index in [1.807, 2.05) is 0 Å². The van der Waals surface area contributed by atoms with Crippen molar-refractivity contribution in [3.8, 4) is 0 Å². The molecular weight excluding hydrogens is 526 g/mol. The fourth-order valence-corrected chi connectivity index (χ4v) is 7.13. The lowest BCUT2D eigenvalue weighted by Crippen LogP contribution is -2.45. The van der Waals surface area contributed by atoms with Crippen molar-refractivity contribution >= 4 is 77.3 Å². The Hall–Kier alpha value is -2.05. The van der Waals surface area contributed by atoms with Crippen LogP contribution in [0.25, 0.3) is 0 Å². The minimum Gasteiger partial charge on any atom is -0.382 e. The largest absolute Gasteiger partial charge is 0.460 e. The summed E-state index contributed by atoms with van der Waals surface area (Å²) in [5, 5.41) is 0. The first-order valence-electron chi connectivity index (χ1n) is 11.1. The Kier molecular flexibility index (Phi) is 5.70. The molecule has 3 aromatic carbocycles. The molecule has 162 valence electrons. The van der Waals surface area contributed by atoms with E-state index >= 15 is 0 Å². The summed E-state index contributed by atoms with van der Waals surface area (Å²) in [6, 6.07) is 26.9. The van der Waals surface area contributed by atoms with Crippen molar-refractivity contribution in [2.75, 3.05) is 19.2 Å². The van der Waals surface area contributed by atoms with Crippen LogP contribution in [0.3, 0.4) is 0 Å². The Balaban J connectivity index is 1.51. The molecule has 3 aromatic rings. The van der Waals surface area contributed by atoms with Gasteiger partial charge < -0.3 is 19.2 Å². The summed E-state index contributed by atoms with van der Waals surface area (Å²) in [5.41, 5.74) is 7.32. The van der Waals surface area contributed by atoms with E-state index in [0.29, 0.717) is 12.1 Å². The Bertz CT molecular complexity index is 1040. The zero-order valence-corrected chi connectivity index (χ0v) is 22.0. The number of hydrogen-bond donors (Lipinski definition) is 0. The summed E-state index contributed by atoms with van der Waals surface area (Å²) in [4.78, 5) is 9.55. The molecule has 8 heteroatoms. The molecule has 32 heavy (non-hydrogen) atoms. The summed E-state index contributed by atoms with van der Waals surface area (Å²) in [6.45, 7) is 8.94. The van der Waals surface area contributed by atoms with Crippen molar-refractivity contribution in [3.05, 3.63) is 72.8 Å². The Labute approximate surface area is 208 Å². The molecule has 0 amide bonds. The average molecular weight is 552 g/mol. The highest BCUT2D eigenvalue weighted by atomic mass is 79.9. The maximum absolute atomic E-state index is 3.96. The van der Waals surface area contributed by atoms with Crippen LogP contribution >= 0.6 is 31.5 Å². The quantitative estimate of drug-likeness (QED) is 0.318. The monoisotopic (exact) mass is 550 g/mol. The van der Waals surface area contributed by atoms with Gasteiger partial charge in [-0.05, 0) is 76.2 Å². The molecule has 0 spiro atoms. The van der Waals surface area contributed by atoms with E-state index < -0.39 is 0 Å². The van der Waals surface area contributed by atoms with Crippen LogP contribution in [0.2, 0.25) is 0 Å². The van der Waals surface area contributed by atoms with Gasteiger partial charge >= 0.3 is 11.6 Å². The lowest BCUT2D eigenvalue weighted by Gasteiger charge is -2.30. The van der Waals surface area contributed by atoms with Gasteiger partial charge in [0.2, 0.25) is 0 Å². The van der Waals surface area contributed by atoms with Crippen molar-refractivity contribution in [3.63, 3.8) is 0 Å². The van der Waals surface area contributed by atoms with Crippen molar-refractivity contribution in [2.45, 2.75) is 39.8 Å².